The number of aliphatic hydroxyl groups is 1. The molecule has 0 aliphatic rings. The molecule has 0 heterocycles. The number of methoxy groups -OCH3 is 1. The first-order valence-corrected chi connectivity index (χ1v) is 5.82. The summed E-state index contributed by atoms with van der Waals surface area (Å²) >= 11 is 3.41. The molecule has 0 spiro atoms. The van der Waals surface area contributed by atoms with E-state index in [1.54, 1.807) is 14.0 Å². The van der Waals surface area contributed by atoms with Crippen molar-refractivity contribution < 1.29 is 9.84 Å². The summed E-state index contributed by atoms with van der Waals surface area (Å²) in [6.45, 7) is 5.96. The van der Waals surface area contributed by atoms with Gasteiger partial charge in [-0.05, 0) is 30.5 Å². The minimum absolute atomic E-state index is 0.331. The van der Waals surface area contributed by atoms with E-state index in [4.69, 9.17) is 4.74 Å². The van der Waals surface area contributed by atoms with Crippen molar-refractivity contribution in [3.05, 3.63) is 27.7 Å². The molecule has 1 rings (SSSR count). The highest BCUT2D eigenvalue weighted by Crippen LogP contribution is 2.36. The Balaban J connectivity index is 3.40. The summed E-state index contributed by atoms with van der Waals surface area (Å²) < 4.78 is 6.27. The van der Waals surface area contributed by atoms with E-state index in [1.807, 2.05) is 12.1 Å². The van der Waals surface area contributed by atoms with E-state index in [0.29, 0.717) is 5.92 Å². The lowest BCUT2D eigenvalue weighted by atomic mass is 9.93. The number of halogens is 1. The van der Waals surface area contributed by atoms with E-state index in [9.17, 15) is 5.11 Å². The van der Waals surface area contributed by atoms with Gasteiger partial charge in [0.05, 0.1) is 13.2 Å². The van der Waals surface area contributed by atoms with Crippen molar-refractivity contribution in [2.75, 3.05) is 7.11 Å². The maximum Gasteiger partial charge on any atom is 0.123 e. The Labute approximate surface area is 99.4 Å². The number of aliphatic hydroxyl groups excluding tert-OH is 1. The standard InChI is InChI=1S/C12H17BrO2/c1-7(2)12-10(8(3)14)5-9(13)6-11(12)15-4/h5-8,14H,1-4H3. The summed E-state index contributed by atoms with van der Waals surface area (Å²) in [7, 11) is 1.65. The maximum atomic E-state index is 9.72. The summed E-state index contributed by atoms with van der Waals surface area (Å²) in [4.78, 5) is 0. The molecule has 0 aliphatic carbocycles. The number of rotatable bonds is 3. The van der Waals surface area contributed by atoms with Crippen LogP contribution in [0.4, 0.5) is 0 Å². The van der Waals surface area contributed by atoms with E-state index < -0.39 is 6.10 Å². The molecule has 1 unspecified atom stereocenters. The van der Waals surface area contributed by atoms with Gasteiger partial charge in [-0.25, -0.2) is 0 Å². The summed E-state index contributed by atoms with van der Waals surface area (Å²) in [5, 5.41) is 9.72. The van der Waals surface area contributed by atoms with Crippen LogP contribution in [0.25, 0.3) is 0 Å². The molecule has 0 saturated carbocycles. The van der Waals surface area contributed by atoms with Gasteiger partial charge in [0, 0.05) is 10.0 Å². The van der Waals surface area contributed by atoms with Crippen molar-refractivity contribution in [1.82, 2.24) is 0 Å². The normalized spacial score (nSPS) is 13.0. The highest BCUT2D eigenvalue weighted by molar-refractivity contribution is 9.10. The Morgan fingerprint density at radius 1 is 1.27 bits per heavy atom. The van der Waals surface area contributed by atoms with Gasteiger partial charge in [0.1, 0.15) is 5.75 Å². The molecule has 0 fully saturated rings. The van der Waals surface area contributed by atoms with Crippen LogP contribution in [0.3, 0.4) is 0 Å². The molecule has 1 aromatic carbocycles. The fourth-order valence-corrected chi connectivity index (χ4v) is 2.20. The van der Waals surface area contributed by atoms with Gasteiger partial charge in [-0.3, -0.25) is 0 Å². The van der Waals surface area contributed by atoms with E-state index >= 15 is 0 Å². The zero-order valence-electron chi connectivity index (χ0n) is 9.54. The SMILES string of the molecule is COc1cc(Br)cc(C(C)O)c1C(C)C. The molecule has 1 aromatic rings. The van der Waals surface area contributed by atoms with E-state index in [1.165, 1.54) is 0 Å². The van der Waals surface area contributed by atoms with Gasteiger partial charge in [0.25, 0.3) is 0 Å². The molecule has 84 valence electrons. The zero-order chi connectivity index (χ0) is 11.6. The minimum atomic E-state index is -0.478. The first-order chi connectivity index (χ1) is 6.97. The third-order valence-corrected chi connectivity index (χ3v) is 2.84. The van der Waals surface area contributed by atoms with Crippen molar-refractivity contribution >= 4 is 15.9 Å². The third-order valence-electron chi connectivity index (χ3n) is 2.39. The molecule has 0 radical (unpaired) electrons. The Kier molecular flexibility index (Phi) is 4.17. The first-order valence-electron chi connectivity index (χ1n) is 5.02. The van der Waals surface area contributed by atoms with Crippen molar-refractivity contribution in [3.8, 4) is 5.75 Å². The Morgan fingerprint density at radius 2 is 1.87 bits per heavy atom. The topological polar surface area (TPSA) is 29.5 Å². The van der Waals surface area contributed by atoms with Crippen LogP contribution < -0.4 is 4.74 Å². The van der Waals surface area contributed by atoms with Gasteiger partial charge in [-0.1, -0.05) is 29.8 Å². The second-order valence-corrected chi connectivity index (χ2v) is 4.86. The smallest absolute Gasteiger partial charge is 0.123 e. The maximum absolute atomic E-state index is 9.72. The van der Waals surface area contributed by atoms with Crippen LogP contribution in [-0.4, -0.2) is 12.2 Å². The highest BCUT2D eigenvalue weighted by Gasteiger charge is 2.17. The minimum Gasteiger partial charge on any atom is -0.496 e. The number of benzene rings is 1. The number of hydrogen-bond donors (Lipinski definition) is 1. The average molecular weight is 273 g/mol. The molecular weight excluding hydrogens is 256 g/mol. The summed E-state index contributed by atoms with van der Waals surface area (Å²) in [6, 6.07) is 3.88. The largest absolute Gasteiger partial charge is 0.496 e. The van der Waals surface area contributed by atoms with Crippen LogP contribution in [0.5, 0.6) is 5.75 Å². The Bertz CT molecular complexity index is 346. The van der Waals surface area contributed by atoms with E-state index in [2.05, 4.69) is 29.8 Å². The van der Waals surface area contributed by atoms with Gasteiger partial charge < -0.3 is 9.84 Å². The van der Waals surface area contributed by atoms with Gasteiger partial charge in [0.15, 0.2) is 0 Å². The molecule has 0 amide bonds. The molecule has 0 aliphatic heterocycles. The van der Waals surface area contributed by atoms with Crippen LogP contribution >= 0.6 is 15.9 Å². The lowest BCUT2D eigenvalue weighted by Gasteiger charge is -2.19. The zero-order valence-corrected chi connectivity index (χ0v) is 11.1. The second kappa shape index (κ2) is 4.99. The van der Waals surface area contributed by atoms with E-state index in [-0.39, 0.29) is 0 Å². The van der Waals surface area contributed by atoms with Crippen molar-refractivity contribution in [3.63, 3.8) is 0 Å². The highest BCUT2D eigenvalue weighted by atomic mass is 79.9. The van der Waals surface area contributed by atoms with Gasteiger partial charge in [-0.15, -0.1) is 0 Å². The van der Waals surface area contributed by atoms with Gasteiger partial charge in [-0.2, -0.15) is 0 Å². The number of ether oxygens (including phenoxy) is 1. The van der Waals surface area contributed by atoms with Crippen LogP contribution in [0.15, 0.2) is 16.6 Å². The molecule has 15 heavy (non-hydrogen) atoms. The molecule has 2 nitrogen and oxygen atoms in total. The fraction of sp³-hybridized carbons (Fsp3) is 0.500. The van der Waals surface area contributed by atoms with Crippen molar-refractivity contribution in [2.45, 2.75) is 32.8 Å². The second-order valence-electron chi connectivity index (χ2n) is 3.94. The monoisotopic (exact) mass is 272 g/mol. The van der Waals surface area contributed by atoms with Crippen LogP contribution in [-0.2, 0) is 0 Å². The summed E-state index contributed by atoms with van der Waals surface area (Å²) in [6.07, 6.45) is -0.478. The summed E-state index contributed by atoms with van der Waals surface area (Å²) in [5.74, 6) is 1.16. The first kappa shape index (κ1) is 12.5. The fourth-order valence-electron chi connectivity index (χ4n) is 1.75. The molecular formula is C12H17BrO2. The van der Waals surface area contributed by atoms with Gasteiger partial charge >= 0.3 is 0 Å². The van der Waals surface area contributed by atoms with Crippen LogP contribution in [0.1, 0.15) is 43.9 Å². The third kappa shape index (κ3) is 2.73. The predicted octanol–water partition coefficient (Wildman–Crippen LogP) is 3.63. The Morgan fingerprint density at radius 3 is 2.27 bits per heavy atom. The van der Waals surface area contributed by atoms with Crippen molar-refractivity contribution in [1.29, 1.82) is 0 Å². The predicted molar refractivity (Wildman–Crippen MR) is 65.4 cm³/mol. The average Bonchev–Trinajstić information content (AvgIpc) is 2.15. The molecule has 0 aromatic heterocycles. The molecule has 0 saturated heterocycles. The summed E-state index contributed by atoms with van der Waals surface area (Å²) in [5.41, 5.74) is 2.01. The van der Waals surface area contributed by atoms with Crippen molar-refractivity contribution in [2.24, 2.45) is 0 Å². The quantitative estimate of drug-likeness (QED) is 0.911. The lowest BCUT2D eigenvalue weighted by Crippen LogP contribution is -2.03. The molecule has 1 atom stereocenters. The van der Waals surface area contributed by atoms with Crippen LogP contribution in [0, 0.1) is 0 Å². The lowest BCUT2D eigenvalue weighted by molar-refractivity contribution is 0.197. The number of hydrogen-bond acceptors (Lipinski definition) is 2. The molecule has 0 bridgehead atoms. The van der Waals surface area contributed by atoms with Gasteiger partial charge in [0.2, 0.25) is 0 Å². The molecule has 3 heteroatoms. The molecule has 1 N–H and O–H groups in total. The Hall–Kier alpha value is -0.540. The van der Waals surface area contributed by atoms with E-state index in [0.717, 1.165) is 21.3 Å². The van der Waals surface area contributed by atoms with Crippen LogP contribution in [0.2, 0.25) is 0 Å².